The lowest BCUT2D eigenvalue weighted by Gasteiger charge is -2.37. The number of benzene rings is 1. The summed E-state index contributed by atoms with van der Waals surface area (Å²) >= 11 is 0. The van der Waals surface area contributed by atoms with Crippen LogP contribution in [-0.2, 0) is 22.7 Å². The van der Waals surface area contributed by atoms with Crippen molar-refractivity contribution in [2.75, 3.05) is 18.5 Å². The second kappa shape index (κ2) is 8.48. The minimum Gasteiger partial charge on any atom is -0.480 e. The van der Waals surface area contributed by atoms with Crippen LogP contribution in [0, 0.1) is 5.92 Å². The van der Waals surface area contributed by atoms with Crippen LogP contribution in [0.25, 0.3) is 0 Å². The van der Waals surface area contributed by atoms with Gasteiger partial charge < -0.3 is 25.4 Å². The molecule has 1 aliphatic carbocycles. The van der Waals surface area contributed by atoms with Gasteiger partial charge in [0.2, 0.25) is 0 Å². The smallest absolute Gasteiger partial charge is 0.410 e. The average molecular weight is 396 g/mol. The quantitative estimate of drug-likeness (QED) is 0.776. The van der Waals surface area contributed by atoms with Gasteiger partial charge in [0.25, 0.3) is 5.91 Å². The van der Waals surface area contributed by atoms with Crippen molar-refractivity contribution in [3.05, 3.63) is 53.7 Å². The molecular formula is C21H24N4O4. The number of carbonyl (C=O) groups excluding carboxylic acids is 2. The van der Waals surface area contributed by atoms with E-state index in [0.717, 1.165) is 18.4 Å². The maximum absolute atomic E-state index is 12.8. The molecule has 1 saturated carbocycles. The van der Waals surface area contributed by atoms with E-state index in [0.29, 0.717) is 23.8 Å². The number of hydrogen-bond donors (Lipinski definition) is 2. The first-order valence-electron chi connectivity index (χ1n) is 9.72. The number of hydrogen-bond acceptors (Lipinski definition) is 6. The number of rotatable bonds is 6. The highest BCUT2D eigenvalue weighted by Gasteiger charge is 2.31. The van der Waals surface area contributed by atoms with Crippen molar-refractivity contribution in [2.45, 2.75) is 32.0 Å². The number of aromatic nitrogens is 1. The molecule has 0 radical (unpaired) electrons. The van der Waals surface area contributed by atoms with Gasteiger partial charge >= 0.3 is 6.09 Å². The zero-order valence-electron chi connectivity index (χ0n) is 16.0. The second-order valence-electron chi connectivity index (χ2n) is 7.41. The van der Waals surface area contributed by atoms with E-state index in [1.165, 1.54) is 0 Å². The third-order valence-electron chi connectivity index (χ3n) is 5.28. The first-order chi connectivity index (χ1) is 14.1. The standard InChI is InChI=1S/C21H24N4O4/c22-17-8-6-15(17)10-25(21(27)29-12-14-4-2-1-3-5-14)11-16-7-9-18-20(23-16)24-19(26)13-28-18/h1-5,7,9,15,17H,6,8,10-13,22H2,(H,23,24,26)/t15-,17+/m0/s1. The van der Waals surface area contributed by atoms with Gasteiger partial charge in [0.1, 0.15) is 6.61 Å². The van der Waals surface area contributed by atoms with Crippen LogP contribution in [0.1, 0.15) is 24.1 Å². The molecule has 0 unspecified atom stereocenters. The summed E-state index contributed by atoms with van der Waals surface area (Å²) in [6.07, 6.45) is 1.55. The van der Waals surface area contributed by atoms with Crippen molar-refractivity contribution in [2.24, 2.45) is 11.7 Å². The molecule has 8 nitrogen and oxygen atoms in total. The summed E-state index contributed by atoms with van der Waals surface area (Å²) in [5, 5.41) is 2.69. The highest BCUT2D eigenvalue weighted by Crippen LogP contribution is 2.28. The predicted octanol–water partition coefficient (Wildman–Crippen LogP) is 2.29. The molecule has 1 aliphatic heterocycles. The molecule has 2 aromatic rings. The molecule has 0 saturated heterocycles. The van der Waals surface area contributed by atoms with E-state index in [-0.39, 0.29) is 37.6 Å². The Hall–Kier alpha value is -3.13. The zero-order chi connectivity index (χ0) is 20.2. The number of anilines is 1. The largest absolute Gasteiger partial charge is 0.480 e. The number of ether oxygens (including phenoxy) is 2. The summed E-state index contributed by atoms with van der Waals surface area (Å²) in [6, 6.07) is 13.2. The lowest BCUT2D eigenvalue weighted by Crippen LogP contribution is -2.47. The summed E-state index contributed by atoms with van der Waals surface area (Å²) < 4.78 is 10.9. The molecule has 8 heteroatoms. The predicted molar refractivity (Wildman–Crippen MR) is 106 cm³/mol. The second-order valence-corrected chi connectivity index (χ2v) is 7.41. The molecule has 2 atom stereocenters. The van der Waals surface area contributed by atoms with Gasteiger partial charge in [-0.3, -0.25) is 4.79 Å². The Kier molecular flexibility index (Phi) is 5.62. The molecule has 2 amide bonds. The van der Waals surface area contributed by atoms with E-state index in [9.17, 15) is 9.59 Å². The molecule has 1 aromatic carbocycles. The van der Waals surface area contributed by atoms with Crippen molar-refractivity contribution in [3.63, 3.8) is 0 Å². The van der Waals surface area contributed by atoms with E-state index >= 15 is 0 Å². The van der Waals surface area contributed by atoms with Crippen molar-refractivity contribution < 1.29 is 19.1 Å². The SMILES string of the molecule is N[C@@H]1CC[C@H]1CN(Cc1ccc2c(n1)NC(=O)CO2)C(=O)OCc1ccccc1. The normalized spacial score (nSPS) is 20.0. The van der Waals surface area contributed by atoms with Crippen LogP contribution < -0.4 is 15.8 Å². The molecule has 2 aliphatic rings. The maximum Gasteiger partial charge on any atom is 0.410 e. The number of amides is 2. The van der Waals surface area contributed by atoms with Crippen LogP contribution in [0.5, 0.6) is 5.75 Å². The third-order valence-corrected chi connectivity index (χ3v) is 5.28. The van der Waals surface area contributed by atoms with Crippen LogP contribution in [0.2, 0.25) is 0 Å². The van der Waals surface area contributed by atoms with Gasteiger partial charge in [0.15, 0.2) is 18.2 Å². The summed E-state index contributed by atoms with van der Waals surface area (Å²) in [6.45, 7) is 0.955. The fourth-order valence-electron chi connectivity index (χ4n) is 3.41. The Morgan fingerprint density at radius 1 is 1.24 bits per heavy atom. The van der Waals surface area contributed by atoms with Gasteiger partial charge in [0, 0.05) is 12.6 Å². The van der Waals surface area contributed by atoms with E-state index < -0.39 is 6.09 Å². The summed E-state index contributed by atoms with van der Waals surface area (Å²) in [4.78, 5) is 30.4. The Labute approximate surface area is 169 Å². The van der Waals surface area contributed by atoms with Crippen LogP contribution in [0.3, 0.4) is 0 Å². The highest BCUT2D eigenvalue weighted by molar-refractivity contribution is 5.94. The summed E-state index contributed by atoms with van der Waals surface area (Å²) in [5.74, 6) is 0.894. The molecule has 1 fully saturated rings. The van der Waals surface area contributed by atoms with E-state index in [2.05, 4.69) is 10.3 Å². The Balaban J connectivity index is 1.45. The van der Waals surface area contributed by atoms with Gasteiger partial charge in [-0.15, -0.1) is 0 Å². The van der Waals surface area contributed by atoms with Crippen LogP contribution in [0.15, 0.2) is 42.5 Å². The molecule has 4 rings (SSSR count). The first-order valence-corrected chi connectivity index (χ1v) is 9.72. The van der Waals surface area contributed by atoms with Crippen LogP contribution >= 0.6 is 0 Å². The monoisotopic (exact) mass is 396 g/mol. The minimum absolute atomic E-state index is 0.0223. The lowest BCUT2D eigenvalue weighted by molar-refractivity contribution is -0.118. The van der Waals surface area contributed by atoms with Crippen LogP contribution in [-0.4, -0.2) is 41.1 Å². The Bertz CT molecular complexity index is 890. The molecule has 1 aromatic heterocycles. The van der Waals surface area contributed by atoms with Gasteiger partial charge in [-0.1, -0.05) is 30.3 Å². The Morgan fingerprint density at radius 2 is 2.07 bits per heavy atom. The number of nitrogens with one attached hydrogen (secondary N) is 1. The number of nitrogens with zero attached hydrogens (tertiary/aromatic N) is 2. The Morgan fingerprint density at radius 3 is 2.79 bits per heavy atom. The number of nitrogens with two attached hydrogens (primary N) is 1. The van der Waals surface area contributed by atoms with Gasteiger partial charge in [-0.05, 0) is 36.5 Å². The number of fused-ring (bicyclic) bond motifs is 1. The molecule has 0 spiro atoms. The van der Waals surface area contributed by atoms with Gasteiger partial charge in [-0.2, -0.15) is 0 Å². The highest BCUT2D eigenvalue weighted by atomic mass is 16.6. The third kappa shape index (κ3) is 4.65. The summed E-state index contributed by atoms with van der Waals surface area (Å²) in [7, 11) is 0. The van der Waals surface area contributed by atoms with Crippen molar-refractivity contribution >= 4 is 17.8 Å². The summed E-state index contributed by atoms with van der Waals surface area (Å²) in [5.41, 5.74) is 7.64. The molecule has 3 N–H and O–H groups in total. The van der Waals surface area contributed by atoms with Crippen LogP contribution in [0.4, 0.5) is 10.6 Å². The first kappa shape index (κ1) is 19.2. The van der Waals surface area contributed by atoms with Crippen molar-refractivity contribution in [1.82, 2.24) is 9.88 Å². The molecular weight excluding hydrogens is 372 g/mol. The van der Waals surface area contributed by atoms with E-state index in [4.69, 9.17) is 15.2 Å². The molecule has 29 heavy (non-hydrogen) atoms. The fourth-order valence-corrected chi connectivity index (χ4v) is 3.41. The van der Waals surface area contributed by atoms with Gasteiger partial charge in [-0.25, -0.2) is 9.78 Å². The average Bonchev–Trinajstić information content (AvgIpc) is 2.74. The molecule has 152 valence electrons. The van der Waals surface area contributed by atoms with E-state index in [1.807, 2.05) is 30.3 Å². The van der Waals surface area contributed by atoms with E-state index in [1.54, 1.807) is 17.0 Å². The molecule has 2 heterocycles. The van der Waals surface area contributed by atoms with Gasteiger partial charge in [0.05, 0.1) is 12.2 Å². The minimum atomic E-state index is -0.409. The van der Waals surface area contributed by atoms with Crippen molar-refractivity contribution in [3.8, 4) is 5.75 Å². The molecule has 0 bridgehead atoms. The topological polar surface area (TPSA) is 107 Å². The zero-order valence-corrected chi connectivity index (χ0v) is 16.0. The lowest BCUT2D eigenvalue weighted by atomic mass is 9.80. The maximum atomic E-state index is 12.8. The number of pyridine rings is 1. The van der Waals surface area contributed by atoms with Crippen molar-refractivity contribution in [1.29, 1.82) is 0 Å². The number of carbonyl (C=O) groups is 2. The fraction of sp³-hybridized carbons (Fsp3) is 0.381.